The van der Waals surface area contributed by atoms with Crippen molar-refractivity contribution in [3.63, 3.8) is 0 Å². The zero-order valence-corrected chi connectivity index (χ0v) is 12.6. The van der Waals surface area contributed by atoms with Gasteiger partial charge in [-0.3, -0.25) is 4.79 Å². The van der Waals surface area contributed by atoms with Crippen LogP contribution in [0.2, 0.25) is 0 Å². The predicted molar refractivity (Wildman–Crippen MR) is 81.3 cm³/mol. The quantitative estimate of drug-likeness (QED) is 0.875. The molecule has 0 saturated carbocycles. The molecule has 0 bridgehead atoms. The van der Waals surface area contributed by atoms with Gasteiger partial charge in [0.25, 0.3) is 0 Å². The maximum absolute atomic E-state index is 12.1. The SMILES string of the molecule is O=C(O)CSC[C@@H]1CCCN1C(=O)OCc1ccccc1. The molecule has 1 atom stereocenters. The van der Waals surface area contributed by atoms with Crippen molar-refractivity contribution in [2.45, 2.75) is 25.5 Å². The van der Waals surface area contributed by atoms with E-state index in [4.69, 9.17) is 9.84 Å². The number of ether oxygens (including phenoxy) is 1. The Hall–Kier alpha value is -1.69. The number of hydrogen-bond acceptors (Lipinski definition) is 4. The van der Waals surface area contributed by atoms with Gasteiger partial charge in [-0.2, -0.15) is 0 Å². The van der Waals surface area contributed by atoms with Crippen LogP contribution in [-0.2, 0) is 16.1 Å². The van der Waals surface area contributed by atoms with E-state index < -0.39 is 5.97 Å². The van der Waals surface area contributed by atoms with Gasteiger partial charge in [0, 0.05) is 18.3 Å². The molecule has 0 radical (unpaired) electrons. The highest BCUT2D eigenvalue weighted by molar-refractivity contribution is 7.99. The van der Waals surface area contributed by atoms with Gasteiger partial charge in [0.15, 0.2) is 0 Å². The van der Waals surface area contributed by atoms with Gasteiger partial charge in [0.1, 0.15) is 6.61 Å². The minimum absolute atomic E-state index is 0.0728. The third-order valence-corrected chi connectivity index (χ3v) is 4.42. The van der Waals surface area contributed by atoms with Crippen LogP contribution in [-0.4, -0.2) is 46.2 Å². The lowest BCUT2D eigenvalue weighted by molar-refractivity contribution is -0.133. The van der Waals surface area contributed by atoms with Crippen LogP contribution in [0.4, 0.5) is 4.79 Å². The fourth-order valence-electron chi connectivity index (χ4n) is 2.33. The monoisotopic (exact) mass is 309 g/mol. The van der Waals surface area contributed by atoms with Crippen LogP contribution in [0.5, 0.6) is 0 Å². The highest BCUT2D eigenvalue weighted by Crippen LogP contribution is 2.22. The Morgan fingerprint density at radius 3 is 2.81 bits per heavy atom. The molecule has 1 aromatic rings. The molecule has 0 aromatic heterocycles. The molecule has 21 heavy (non-hydrogen) atoms. The molecule has 5 nitrogen and oxygen atoms in total. The van der Waals surface area contributed by atoms with Crippen molar-refractivity contribution in [3.8, 4) is 0 Å². The van der Waals surface area contributed by atoms with E-state index >= 15 is 0 Å². The fraction of sp³-hybridized carbons (Fsp3) is 0.467. The van der Waals surface area contributed by atoms with Crippen molar-refractivity contribution in [3.05, 3.63) is 35.9 Å². The van der Waals surface area contributed by atoms with E-state index in [0.29, 0.717) is 12.3 Å². The van der Waals surface area contributed by atoms with Gasteiger partial charge in [-0.25, -0.2) is 4.79 Å². The van der Waals surface area contributed by atoms with Gasteiger partial charge >= 0.3 is 12.1 Å². The second-order valence-electron chi connectivity index (χ2n) is 4.94. The van der Waals surface area contributed by atoms with E-state index in [0.717, 1.165) is 18.4 Å². The van der Waals surface area contributed by atoms with Crippen LogP contribution >= 0.6 is 11.8 Å². The lowest BCUT2D eigenvalue weighted by Crippen LogP contribution is -2.37. The Morgan fingerprint density at radius 1 is 1.33 bits per heavy atom. The summed E-state index contributed by atoms with van der Waals surface area (Å²) in [5.41, 5.74) is 0.960. The van der Waals surface area contributed by atoms with Crippen molar-refractivity contribution in [2.24, 2.45) is 0 Å². The zero-order valence-electron chi connectivity index (χ0n) is 11.7. The molecule has 1 heterocycles. The van der Waals surface area contributed by atoms with E-state index in [2.05, 4.69) is 0 Å². The minimum atomic E-state index is -0.823. The highest BCUT2D eigenvalue weighted by atomic mass is 32.2. The molecule has 1 saturated heterocycles. The highest BCUT2D eigenvalue weighted by Gasteiger charge is 2.29. The maximum Gasteiger partial charge on any atom is 0.410 e. The molecule has 1 fully saturated rings. The number of nitrogens with zero attached hydrogens (tertiary/aromatic N) is 1. The summed E-state index contributed by atoms with van der Waals surface area (Å²) < 4.78 is 5.33. The number of aliphatic carboxylic acids is 1. The van der Waals surface area contributed by atoms with Crippen LogP contribution < -0.4 is 0 Å². The predicted octanol–water partition coefficient (Wildman–Crippen LogP) is 2.61. The third-order valence-electron chi connectivity index (χ3n) is 3.35. The molecule has 0 unspecified atom stereocenters. The molecule has 114 valence electrons. The number of hydrogen-bond donors (Lipinski definition) is 1. The third kappa shape index (κ3) is 4.97. The molecule has 0 aliphatic carbocycles. The van der Waals surface area contributed by atoms with E-state index in [1.165, 1.54) is 11.8 Å². The van der Waals surface area contributed by atoms with Crippen LogP contribution in [0.15, 0.2) is 30.3 Å². The smallest absolute Gasteiger partial charge is 0.410 e. The first-order valence-electron chi connectivity index (χ1n) is 6.93. The van der Waals surface area contributed by atoms with Crippen molar-refractivity contribution in [1.29, 1.82) is 0 Å². The zero-order chi connectivity index (χ0) is 15.1. The summed E-state index contributed by atoms with van der Waals surface area (Å²) in [6.45, 7) is 0.955. The van der Waals surface area contributed by atoms with E-state index in [9.17, 15) is 9.59 Å². The van der Waals surface area contributed by atoms with Gasteiger partial charge in [-0.15, -0.1) is 11.8 Å². The van der Waals surface area contributed by atoms with E-state index in [1.54, 1.807) is 4.90 Å². The van der Waals surface area contributed by atoms with Gasteiger partial charge in [0.2, 0.25) is 0 Å². The first kappa shape index (κ1) is 15.7. The molecule has 1 N–H and O–H groups in total. The van der Waals surface area contributed by atoms with E-state index in [1.807, 2.05) is 30.3 Å². The molecular formula is C15H19NO4S. The Bertz CT molecular complexity index is 480. The molecule has 1 aliphatic rings. The molecule has 0 spiro atoms. The maximum atomic E-state index is 12.1. The standard InChI is InChI=1S/C15H19NO4S/c17-14(18)11-21-10-13-7-4-8-16(13)15(19)20-9-12-5-2-1-3-6-12/h1-3,5-6,13H,4,7-11H2,(H,17,18)/t13-/m0/s1. The van der Waals surface area contributed by atoms with Crippen molar-refractivity contribution < 1.29 is 19.4 Å². The normalized spacial score (nSPS) is 17.7. The average Bonchev–Trinajstić information content (AvgIpc) is 2.94. The number of rotatable bonds is 6. The summed E-state index contributed by atoms with van der Waals surface area (Å²) in [5, 5.41) is 8.65. The number of amides is 1. The first-order chi connectivity index (χ1) is 10.2. The molecule has 1 amide bonds. The molecule has 1 aromatic carbocycles. The summed E-state index contributed by atoms with van der Waals surface area (Å²) in [5.74, 6) is -0.105. The van der Waals surface area contributed by atoms with Crippen LogP contribution in [0.3, 0.4) is 0 Å². The molecule has 1 aliphatic heterocycles. The Morgan fingerprint density at radius 2 is 2.10 bits per heavy atom. The van der Waals surface area contributed by atoms with Crippen LogP contribution in [0.1, 0.15) is 18.4 Å². The Balaban J connectivity index is 1.78. The second kappa shape index (κ2) is 7.93. The number of carboxylic acids is 1. The number of carboxylic acid groups (broad SMARTS) is 1. The molecule has 6 heteroatoms. The second-order valence-corrected chi connectivity index (χ2v) is 5.97. The van der Waals surface area contributed by atoms with Crippen molar-refractivity contribution in [1.82, 2.24) is 4.90 Å². The largest absolute Gasteiger partial charge is 0.481 e. The Kier molecular flexibility index (Phi) is 5.92. The minimum Gasteiger partial charge on any atom is -0.481 e. The van der Waals surface area contributed by atoms with Gasteiger partial charge < -0.3 is 14.7 Å². The summed E-state index contributed by atoms with van der Waals surface area (Å²) in [7, 11) is 0. The number of thioether (sulfide) groups is 1. The van der Waals surface area contributed by atoms with Crippen molar-refractivity contribution in [2.75, 3.05) is 18.1 Å². The topological polar surface area (TPSA) is 66.8 Å². The van der Waals surface area contributed by atoms with Crippen molar-refractivity contribution >= 4 is 23.8 Å². The average molecular weight is 309 g/mol. The summed E-state index contributed by atoms with van der Waals surface area (Å²) >= 11 is 1.35. The molecule has 2 rings (SSSR count). The number of likely N-dealkylation sites (tertiary alicyclic amines) is 1. The number of carbonyl (C=O) groups excluding carboxylic acids is 1. The number of benzene rings is 1. The van der Waals surface area contributed by atoms with Crippen LogP contribution in [0.25, 0.3) is 0 Å². The van der Waals surface area contributed by atoms with E-state index in [-0.39, 0.29) is 24.5 Å². The lowest BCUT2D eigenvalue weighted by atomic mass is 10.2. The molecular weight excluding hydrogens is 290 g/mol. The summed E-state index contributed by atoms with van der Waals surface area (Å²) in [6, 6.07) is 9.64. The van der Waals surface area contributed by atoms with Gasteiger partial charge in [-0.05, 0) is 18.4 Å². The first-order valence-corrected chi connectivity index (χ1v) is 8.09. The summed E-state index contributed by atoms with van der Waals surface area (Å²) in [4.78, 5) is 24.3. The van der Waals surface area contributed by atoms with Gasteiger partial charge in [0.05, 0.1) is 5.75 Å². The number of carbonyl (C=O) groups is 2. The Labute approximate surface area is 128 Å². The summed E-state index contributed by atoms with van der Waals surface area (Å²) in [6.07, 6.45) is 1.54. The van der Waals surface area contributed by atoms with Crippen LogP contribution in [0, 0.1) is 0 Å². The lowest BCUT2D eigenvalue weighted by Gasteiger charge is -2.23. The fourth-order valence-corrected chi connectivity index (χ4v) is 3.24. The van der Waals surface area contributed by atoms with Gasteiger partial charge in [-0.1, -0.05) is 30.3 Å².